The number of rotatable bonds is 6. The van der Waals surface area contributed by atoms with Crippen LogP contribution in [-0.4, -0.2) is 37.0 Å². The van der Waals surface area contributed by atoms with Gasteiger partial charge in [0.1, 0.15) is 11.6 Å². The molecule has 7 nitrogen and oxygen atoms in total. The molecule has 0 amide bonds. The van der Waals surface area contributed by atoms with Gasteiger partial charge in [0.15, 0.2) is 6.17 Å². The van der Waals surface area contributed by atoms with Gasteiger partial charge in [0, 0.05) is 44.1 Å². The summed E-state index contributed by atoms with van der Waals surface area (Å²) in [6.07, 6.45) is 15.6. The fraction of sp³-hybridized carbons (Fsp3) is 0.235. The van der Waals surface area contributed by atoms with Crippen molar-refractivity contribution in [1.82, 2.24) is 24.2 Å². The lowest BCUT2D eigenvalue weighted by Crippen LogP contribution is -2.32. The molecule has 0 bridgehead atoms. The second-order valence-corrected chi connectivity index (χ2v) is 5.51. The molecule has 3 aromatic heterocycles. The largest absolute Gasteiger partial charge is 0.465 e. The van der Waals surface area contributed by atoms with Crippen LogP contribution >= 0.6 is 0 Å². The van der Waals surface area contributed by atoms with E-state index in [1.165, 1.54) is 0 Å². The number of aromatic nitrogens is 4. The first-order valence-corrected chi connectivity index (χ1v) is 7.91. The Morgan fingerprint density at radius 3 is 2.88 bits per heavy atom. The summed E-state index contributed by atoms with van der Waals surface area (Å²) >= 11 is 0. The predicted molar refractivity (Wildman–Crippen MR) is 90.0 cm³/mol. The lowest BCUT2D eigenvalue weighted by Gasteiger charge is -2.33. The molecule has 3 aromatic rings. The Bertz CT molecular complexity index is 802. The van der Waals surface area contributed by atoms with Crippen molar-refractivity contribution >= 4 is 12.0 Å². The molecule has 0 saturated carbocycles. The Labute approximate surface area is 139 Å². The zero-order valence-corrected chi connectivity index (χ0v) is 13.1. The van der Waals surface area contributed by atoms with Gasteiger partial charge in [-0.25, -0.2) is 9.67 Å². The number of aliphatic imine (C=N–C) groups is 1. The predicted octanol–water partition coefficient (Wildman–Crippen LogP) is 2.65. The lowest BCUT2D eigenvalue weighted by molar-refractivity contribution is 0.246. The van der Waals surface area contributed by atoms with Gasteiger partial charge < -0.3 is 13.9 Å². The first kappa shape index (κ1) is 14.5. The van der Waals surface area contributed by atoms with Crippen LogP contribution in [0.2, 0.25) is 0 Å². The molecule has 4 rings (SSSR count). The standard InChI is InChI=1S/C17H18N6O/c1-4-15(24-13-1)17-19-7-5-16(23-11-2-6-20-23)22(17)10-3-9-21-12-8-18-14-21/h1-2,4-8,11-14,17H,3,9-10H2. The number of allylic oxidation sites excluding steroid dienone is 1. The number of aryl methyl sites for hydroxylation is 1. The summed E-state index contributed by atoms with van der Waals surface area (Å²) in [5.74, 6) is 1.81. The van der Waals surface area contributed by atoms with Crippen LogP contribution in [0.1, 0.15) is 18.3 Å². The van der Waals surface area contributed by atoms with Crippen molar-refractivity contribution in [1.29, 1.82) is 0 Å². The summed E-state index contributed by atoms with van der Waals surface area (Å²) in [5, 5.41) is 4.36. The van der Waals surface area contributed by atoms with Crippen molar-refractivity contribution in [2.24, 2.45) is 4.99 Å². The molecule has 0 aliphatic carbocycles. The summed E-state index contributed by atoms with van der Waals surface area (Å²) in [6.45, 7) is 1.73. The van der Waals surface area contributed by atoms with Gasteiger partial charge in [-0.15, -0.1) is 0 Å². The summed E-state index contributed by atoms with van der Waals surface area (Å²) < 4.78 is 9.53. The quantitative estimate of drug-likeness (QED) is 0.700. The molecule has 0 aromatic carbocycles. The second-order valence-electron chi connectivity index (χ2n) is 5.51. The molecule has 0 radical (unpaired) electrons. The van der Waals surface area contributed by atoms with E-state index in [4.69, 9.17) is 4.42 Å². The maximum Gasteiger partial charge on any atom is 0.180 e. The van der Waals surface area contributed by atoms with E-state index in [1.54, 1.807) is 18.7 Å². The average molecular weight is 322 g/mol. The second kappa shape index (κ2) is 6.57. The highest BCUT2D eigenvalue weighted by molar-refractivity contribution is 5.80. The van der Waals surface area contributed by atoms with E-state index in [9.17, 15) is 0 Å². The van der Waals surface area contributed by atoms with Crippen LogP contribution in [-0.2, 0) is 6.54 Å². The van der Waals surface area contributed by atoms with Gasteiger partial charge in [-0.2, -0.15) is 5.10 Å². The minimum absolute atomic E-state index is 0.174. The molecule has 0 saturated heterocycles. The topological polar surface area (TPSA) is 64.4 Å². The number of furan rings is 1. The van der Waals surface area contributed by atoms with Crippen molar-refractivity contribution in [2.45, 2.75) is 19.1 Å². The molecule has 1 atom stereocenters. The molecule has 0 N–H and O–H groups in total. The van der Waals surface area contributed by atoms with Crippen molar-refractivity contribution in [2.75, 3.05) is 6.54 Å². The first-order valence-electron chi connectivity index (χ1n) is 7.91. The summed E-state index contributed by atoms with van der Waals surface area (Å²) in [7, 11) is 0. The lowest BCUT2D eigenvalue weighted by atomic mass is 10.2. The van der Waals surface area contributed by atoms with Crippen molar-refractivity contribution in [3.8, 4) is 0 Å². The van der Waals surface area contributed by atoms with E-state index in [1.807, 2.05) is 53.9 Å². The third-order valence-corrected chi connectivity index (χ3v) is 3.95. The molecule has 0 fully saturated rings. The van der Waals surface area contributed by atoms with Crippen LogP contribution in [0.3, 0.4) is 0 Å². The Morgan fingerprint density at radius 2 is 2.12 bits per heavy atom. The third kappa shape index (κ3) is 2.88. The number of imidazole rings is 1. The molecule has 1 aliphatic rings. The van der Waals surface area contributed by atoms with Gasteiger partial charge in [-0.3, -0.25) is 4.99 Å². The zero-order chi connectivity index (χ0) is 16.2. The third-order valence-electron chi connectivity index (χ3n) is 3.95. The van der Waals surface area contributed by atoms with Crippen LogP contribution in [0.25, 0.3) is 5.82 Å². The maximum absolute atomic E-state index is 5.59. The fourth-order valence-corrected chi connectivity index (χ4v) is 2.85. The SMILES string of the molecule is C1=NC(c2ccco2)N(CCCn2ccnc2)C(n2cccn2)=C1. The molecule has 4 heterocycles. The Morgan fingerprint density at radius 1 is 1.12 bits per heavy atom. The summed E-state index contributed by atoms with van der Waals surface area (Å²) in [4.78, 5) is 10.9. The fourth-order valence-electron chi connectivity index (χ4n) is 2.85. The average Bonchev–Trinajstić information content (AvgIpc) is 3.37. The number of hydrogen-bond acceptors (Lipinski definition) is 5. The maximum atomic E-state index is 5.59. The zero-order valence-electron chi connectivity index (χ0n) is 13.1. The number of nitrogens with zero attached hydrogens (tertiary/aromatic N) is 6. The van der Waals surface area contributed by atoms with Gasteiger partial charge in [0.2, 0.25) is 0 Å². The molecular weight excluding hydrogens is 304 g/mol. The van der Waals surface area contributed by atoms with Crippen LogP contribution in [0.4, 0.5) is 0 Å². The normalized spacial score (nSPS) is 17.2. The summed E-state index contributed by atoms with van der Waals surface area (Å²) in [6, 6.07) is 5.76. The molecule has 24 heavy (non-hydrogen) atoms. The van der Waals surface area contributed by atoms with E-state index in [0.717, 1.165) is 31.1 Å². The van der Waals surface area contributed by atoms with Gasteiger partial charge in [-0.05, 0) is 30.7 Å². The minimum atomic E-state index is -0.174. The molecule has 0 spiro atoms. The van der Waals surface area contributed by atoms with Crippen LogP contribution in [0.5, 0.6) is 0 Å². The smallest absolute Gasteiger partial charge is 0.180 e. The van der Waals surface area contributed by atoms with Crippen LogP contribution < -0.4 is 0 Å². The Balaban J connectivity index is 1.56. The van der Waals surface area contributed by atoms with Crippen LogP contribution in [0, 0.1) is 0 Å². The first-order chi connectivity index (χ1) is 11.9. The minimum Gasteiger partial charge on any atom is -0.465 e. The van der Waals surface area contributed by atoms with Gasteiger partial charge in [-0.1, -0.05) is 0 Å². The van der Waals surface area contributed by atoms with E-state index in [0.29, 0.717) is 0 Å². The molecule has 1 aliphatic heterocycles. The van der Waals surface area contributed by atoms with E-state index in [2.05, 4.69) is 24.5 Å². The van der Waals surface area contributed by atoms with Crippen molar-refractivity contribution in [3.05, 3.63) is 67.4 Å². The number of hydrogen-bond donors (Lipinski definition) is 0. The van der Waals surface area contributed by atoms with E-state index >= 15 is 0 Å². The van der Waals surface area contributed by atoms with Gasteiger partial charge in [0.25, 0.3) is 0 Å². The Hall–Kier alpha value is -3.09. The van der Waals surface area contributed by atoms with E-state index < -0.39 is 0 Å². The van der Waals surface area contributed by atoms with Crippen LogP contribution in [0.15, 0.2) is 71.1 Å². The highest BCUT2D eigenvalue weighted by Crippen LogP contribution is 2.30. The molecule has 122 valence electrons. The van der Waals surface area contributed by atoms with E-state index in [-0.39, 0.29) is 6.17 Å². The Kier molecular flexibility index (Phi) is 3.97. The van der Waals surface area contributed by atoms with Crippen molar-refractivity contribution in [3.63, 3.8) is 0 Å². The highest BCUT2D eigenvalue weighted by atomic mass is 16.3. The van der Waals surface area contributed by atoms with Crippen molar-refractivity contribution < 1.29 is 4.42 Å². The highest BCUT2D eigenvalue weighted by Gasteiger charge is 2.26. The molecule has 1 unspecified atom stereocenters. The monoisotopic (exact) mass is 322 g/mol. The molecule has 7 heteroatoms. The summed E-state index contributed by atoms with van der Waals surface area (Å²) in [5.41, 5.74) is 0. The van der Waals surface area contributed by atoms with Gasteiger partial charge >= 0.3 is 0 Å². The molecular formula is C17H18N6O. The van der Waals surface area contributed by atoms with Gasteiger partial charge in [0.05, 0.1) is 12.6 Å².